The van der Waals surface area contributed by atoms with E-state index in [1.807, 2.05) is 0 Å². The summed E-state index contributed by atoms with van der Waals surface area (Å²) >= 11 is 0. The van der Waals surface area contributed by atoms with Gasteiger partial charge >= 0.3 is 0 Å². The minimum absolute atomic E-state index is 0.0950. The van der Waals surface area contributed by atoms with Crippen molar-refractivity contribution in [3.05, 3.63) is 0 Å². The van der Waals surface area contributed by atoms with Crippen LogP contribution in [0.2, 0.25) is 0 Å². The normalized spacial score (nSPS) is 12.6. The summed E-state index contributed by atoms with van der Waals surface area (Å²) in [4.78, 5) is 13.5. The molecule has 0 aromatic carbocycles. The quantitative estimate of drug-likeness (QED) is 0.328. The number of carbonyl (C=O) groups is 1. The maximum absolute atomic E-state index is 13.5. The number of carbonyl (C=O) groups excluding carboxylic acids is 1. The maximum atomic E-state index is 13.5. The van der Waals surface area contributed by atoms with Crippen molar-refractivity contribution >= 4 is 5.78 Å². The second kappa shape index (κ2) is 11.2. The maximum Gasteiger partial charge on any atom is 0.144 e. The highest BCUT2D eigenvalue weighted by atomic mass is 16.1. The lowest BCUT2D eigenvalue weighted by atomic mass is 9.64. The molecule has 1 heteroatoms. The van der Waals surface area contributed by atoms with E-state index in [1.54, 1.807) is 0 Å². The van der Waals surface area contributed by atoms with Gasteiger partial charge in [-0.1, -0.05) is 92.9 Å². The molecule has 0 fully saturated rings. The van der Waals surface area contributed by atoms with Crippen LogP contribution in [-0.4, -0.2) is 5.78 Å². The zero-order valence-electron chi connectivity index (χ0n) is 16.4. The Morgan fingerprint density at radius 3 is 1.00 bits per heavy atom. The molecule has 0 aliphatic heterocycles. The van der Waals surface area contributed by atoms with Gasteiger partial charge in [-0.2, -0.15) is 0 Å². The molecule has 132 valence electrons. The Balaban J connectivity index is 5.20. The first-order valence-electron chi connectivity index (χ1n) is 9.95. The molecule has 22 heavy (non-hydrogen) atoms. The Labute approximate surface area is 140 Å². The third-order valence-corrected chi connectivity index (χ3v) is 5.42. The molecule has 0 atom stereocenters. The van der Waals surface area contributed by atoms with Gasteiger partial charge in [0.05, 0.1) is 0 Å². The van der Waals surface area contributed by atoms with Crippen molar-refractivity contribution in [2.24, 2.45) is 10.8 Å². The first kappa shape index (κ1) is 21.7. The third kappa shape index (κ3) is 6.84. The Bertz CT molecular complexity index is 248. The fraction of sp³-hybridized carbons (Fsp3) is 0.952. The van der Waals surface area contributed by atoms with Gasteiger partial charge in [0.15, 0.2) is 0 Å². The van der Waals surface area contributed by atoms with Crippen molar-refractivity contribution in [2.45, 2.75) is 119 Å². The standard InChI is InChI=1S/C21H42O/c1-7-11-15-20(5,16-12-8-2)19(22)21(6,17-13-9-3)18-14-10-4/h7-18H2,1-6H3. The number of unbranched alkanes of at least 4 members (excludes halogenated alkanes) is 4. The zero-order valence-corrected chi connectivity index (χ0v) is 16.4. The molecule has 0 N–H and O–H groups in total. The highest BCUT2D eigenvalue weighted by Crippen LogP contribution is 2.43. The number of hydrogen-bond acceptors (Lipinski definition) is 1. The smallest absolute Gasteiger partial charge is 0.144 e. The monoisotopic (exact) mass is 310 g/mol. The van der Waals surface area contributed by atoms with Gasteiger partial charge < -0.3 is 0 Å². The molecule has 0 aromatic heterocycles. The average Bonchev–Trinajstić information content (AvgIpc) is 2.53. The van der Waals surface area contributed by atoms with Gasteiger partial charge in [0.2, 0.25) is 0 Å². The van der Waals surface area contributed by atoms with Gasteiger partial charge in [-0.25, -0.2) is 0 Å². The molecule has 0 spiro atoms. The van der Waals surface area contributed by atoms with E-state index in [4.69, 9.17) is 0 Å². The molecule has 0 aliphatic rings. The second-order valence-electron chi connectivity index (χ2n) is 7.86. The van der Waals surface area contributed by atoms with Gasteiger partial charge in [-0.15, -0.1) is 0 Å². The van der Waals surface area contributed by atoms with Crippen LogP contribution in [0.3, 0.4) is 0 Å². The topological polar surface area (TPSA) is 17.1 Å². The van der Waals surface area contributed by atoms with E-state index >= 15 is 0 Å². The minimum atomic E-state index is -0.0950. The van der Waals surface area contributed by atoms with Crippen LogP contribution >= 0.6 is 0 Å². The van der Waals surface area contributed by atoms with Gasteiger partial charge in [-0.05, 0) is 25.7 Å². The molecule has 0 radical (unpaired) electrons. The number of Topliss-reactive ketones (excluding diaryl/α,β-unsaturated/α-hetero) is 1. The molecule has 0 bridgehead atoms. The largest absolute Gasteiger partial charge is 0.298 e. The average molecular weight is 311 g/mol. The summed E-state index contributed by atoms with van der Waals surface area (Å²) in [5.74, 6) is 0.573. The van der Waals surface area contributed by atoms with E-state index in [1.165, 1.54) is 51.4 Å². The summed E-state index contributed by atoms with van der Waals surface area (Å²) < 4.78 is 0. The Morgan fingerprint density at radius 1 is 0.591 bits per heavy atom. The van der Waals surface area contributed by atoms with E-state index in [2.05, 4.69) is 41.5 Å². The SMILES string of the molecule is CCCCC(C)(CCCC)C(=O)C(C)(CCCC)CCCC. The molecular weight excluding hydrogens is 268 g/mol. The lowest BCUT2D eigenvalue weighted by Gasteiger charge is -2.39. The van der Waals surface area contributed by atoms with Crippen LogP contribution in [0.4, 0.5) is 0 Å². The van der Waals surface area contributed by atoms with Crippen LogP contribution in [0.5, 0.6) is 0 Å². The highest BCUT2D eigenvalue weighted by Gasteiger charge is 2.42. The molecule has 0 amide bonds. The molecule has 0 aromatic rings. The van der Waals surface area contributed by atoms with Crippen LogP contribution in [-0.2, 0) is 4.79 Å². The first-order valence-corrected chi connectivity index (χ1v) is 9.95. The summed E-state index contributed by atoms with van der Waals surface area (Å²) in [6.45, 7) is 13.5. The second-order valence-corrected chi connectivity index (χ2v) is 7.86. The van der Waals surface area contributed by atoms with E-state index in [-0.39, 0.29) is 10.8 Å². The summed E-state index contributed by atoms with van der Waals surface area (Å²) in [7, 11) is 0. The van der Waals surface area contributed by atoms with Crippen molar-refractivity contribution < 1.29 is 4.79 Å². The fourth-order valence-corrected chi connectivity index (χ4v) is 3.70. The van der Waals surface area contributed by atoms with Crippen LogP contribution in [0, 0.1) is 10.8 Å². The van der Waals surface area contributed by atoms with E-state index in [0.29, 0.717) is 5.78 Å². The lowest BCUT2D eigenvalue weighted by Crippen LogP contribution is -2.41. The molecule has 0 aliphatic carbocycles. The molecular formula is C21H42O. The van der Waals surface area contributed by atoms with Crippen LogP contribution in [0.1, 0.15) is 119 Å². The lowest BCUT2D eigenvalue weighted by molar-refractivity contribution is -0.139. The Hall–Kier alpha value is -0.330. The summed E-state index contributed by atoms with van der Waals surface area (Å²) in [5.41, 5.74) is -0.190. The van der Waals surface area contributed by atoms with Gasteiger partial charge in [0, 0.05) is 10.8 Å². The predicted octanol–water partition coefficient (Wildman–Crippen LogP) is 7.33. The van der Waals surface area contributed by atoms with Crippen molar-refractivity contribution in [1.29, 1.82) is 0 Å². The van der Waals surface area contributed by atoms with Gasteiger partial charge in [-0.3, -0.25) is 4.79 Å². The van der Waals surface area contributed by atoms with E-state index in [9.17, 15) is 4.79 Å². The van der Waals surface area contributed by atoms with Crippen LogP contribution < -0.4 is 0 Å². The molecule has 0 unspecified atom stereocenters. The summed E-state index contributed by atoms with van der Waals surface area (Å²) in [6, 6.07) is 0. The molecule has 0 heterocycles. The van der Waals surface area contributed by atoms with Crippen molar-refractivity contribution in [1.82, 2.24) is 0 Å². The Kier molecular flexibility index (Phi) is 11.1. The Morgan fingerprint density at radius 2 is 0.818 bits per heavy atom. The molecule has 0 saturated carbocycles. The predicted molar refractivity (Wildman–Crippen MR) is 99.3 cm³/mol. The minimum Gasteiger partial charge on any atom is -0.298 e. The van der Waals surface area contributed by atoms with Crippen molar-refractivity contribution in [3.8, 4) is 0 Å². The highest BCUT2D eigenvalue weighted by molar-refractivity contribution is 5.89. The van der Waals surface area contributed by atoms with Crippen molar-refractivity contribution in [2.75, 3.05) is 0 Å². The molecule has 0 saturated heterocycles. The van der Waals surface area contributed by atoms with E-state index in [0.717, 1.165) is 25.7 Å². The summed E-state index contributed by atoms with van der Waals surface area (Å²) in [6.07, 6.45) is 13.8. The van der Waals surface area contributed by atoms with Gasteiger partial charge in [0.1, 0.15) is 5.78 Å². The first-order chi connectivity index (χ1) is 10.4. The fourth-order valence-electron chi connectivity index (χ4n) is 3.70. The number of hydrogen-bond donors (Lipinski definition) is 0. The van der Waals surface area contributed by atoms with Crippen LogP contribution in [0.25, 0.3) is 0 Å². The number of ketones is 1. The van der Waals surface area contributed by atoms with Gasteiger partial charge in [0.25, 0.3) is 0 Å². The number of rotatable bonds is 14. The van der Waals surface area contributed by atoms with E-state index < -0.39 is 0 Å². The third-order valence-electron chi connectivity index (χ3n) is 5.42. The summed E-state index contributed by atoms with van der Waals surface area (Å²) in [5, 5.41) is 0. The molecule has 0 rings (SSSR count). The molecule has 1 nitrogen and oxygen atoms in total. The van der Waals surface area contributed by atoms with Crippen LogP contribution in [0.15, 0.2) is 0 Å². The van der Waals surface area contributed by atoms with Crippen molar-refractivity contribution in [3.63, 3.8) is 0 Å². The zero-order chi connectivity index (χ0) is 17.1.